The summed E-state index contributed by atoms with van der Waals surface area (Å²) in [5.41, 5.74) is 0.264. The van der Waals surface area contributed by atoms with Gasteiger partial charge in [-0.3, -0.25) is 0 Å². The molecule has 0 spiro atoms. The average Bonchev–Trinajstić information content (AvgIpc) is 2.25. The Balaban J connectivity index is 3.18. The quantitative estimate of drug-likeness (QED) is 0.471. The van der Waals surface area contributed by atoms with Gasteiger partial charge in [0, 0.05) is 4.67 Å². The van der Waals surface area contributed by atoms with Gasteiger partial charge >= 0.3 is 18.1 Å². The van der Waals surface area contributed by atoms with Crippen molar-refractivity contribution in [2.45, 2.75) is 18.2 Å². The van der Waals surface area contributed by atoms with E-state index in [1.165, 1.54) is 12.1 Å². The molecule has 1 rings (SSSR count). The summed E-state index contributed by atoms with van der Waals surface area (Å²) in [5, 5.41) is 0. The van der Waals surface area contributed by atoms with Crippen molar-refractivity contribution < 1.29 is 26.4 Å². The van der Waals surface area contributed by atoms with E-state index < -0.39 is 28.9 Å². The molecular formula is C9H11FO5PS+. The summed E-state index contributed by atoms with van der Waals surface area (Å²) in [6.45, 7) is 2.79. The molecule has 0 saturated carbocycles. The smallest absolute Gasteiger partial charge is 0.205 e. The highest BCUT2D eigenvalue weighted by atomic mass is 32.2. The lowest BCUT2D eigenvalue weighted by molar-refractivity contribution is -0.0835. The first kappa shape index (κ1) is 14.2. The van der Waals surface area contributed by atoms with Crippen molar-refractivity contribution in [1.29, 1.82) is 0 Å². The molecule has 0 radical (unpaired) electrons. The Bertz CT molecular complexity index is 528. The topological polar surface area (TPSA) is 69.7 Å². The van der Waals surface area contributed by atoms with Gasteiger partial charge < -0.3 is 0 Å². The van der Waals surface area contributed by atoms with E-state index >= 15 is 0 Å². The fraction of sp³-hybridized carbons (Fsp3) is 0.333. The summed E-state index contributed by atoms with van der Waals surface area (Å²) in [7, 11) is -6.66. The summed E-state index contributed by atoms with van der Waals surface area (Å²) in [5.74, 6) is -0.931. The van der Waals surface area contributed by atoms with E-state index in [-0.39, 0.29) is 5.56 Å². The number of hydrogen-bond donors (Lipinski definition) is 0. The van der Waals surface area contributed by atoms with Crippen LogP contribution in [0, 0.1) is 5.82 Å². The third-order valence-electron chi connectivity index (χ3n) is 1.90. The van der Waals surface area contributed by atoms with E-state index in [1.807, 2.05) is 0 Å². The highest BCUT2D eigenvalue weighted by Crippen LogP contribution is 2.26. The van der Waals surface area contributed by atoms with Gasteiger partial charge in [0.25, 0.3) is 0 Å². The molecule has 0 heterocycles. The summed E-state index contributed by atoms with van der Waals surface area (Å²) in [6, 6.07) is 3.86. The summed E-state index contributed by atoms with van der Waals surface area (Å²) in [6.07, 6.45) is 0.313. The van der Waals surface area contributed by atoms with Crippen molar-refractivity contribution in [3.05, 3.63) is 29.6 Å². The Morgan fingerprint density at radius 1 is 1.41 bits per heavy atom. The Hall–Kier alpha value is -0.880. The molecule has 0 aromatic heterocycles. The van der Waals surface area contributed by atoms with Crippen LogP contribution >= 0.6 is 8.03 Å². The lowest BCUT2D eigenvalue weighted by Gasteiger charge is -2.06. The van der Waals surface area contributed by atoms with Crippen molar-refractivity contribution in [3.8, 4) is 0 Å². The number of halogens is 1. The molecule has 0 aliphatic carbocycles. The summed E-state index contributed by atoms with van der Waals surface area (Å²) >= 11 is 0. The number of hydrogen-bond acceptors (Lipinski definition) is 5. The van der Waals surface area contributed by atoms with Crippen LogP contribution in [0.5, 0.6) is 0 Å². The number of rotatable bonds is 5. The van der Waals surface area contributed by atoms with Crippen molar-refractivity contribution in [1.82, 2.24) is 0 Å². The highest BCUT2D eigenvalue weighted by molar-refractivity contribution is 7.86. The fourth-order valence-electron chi connectivity index (χ4n) is 1.23. The zero-order valence-electron chi connectivity index (χ0n) is 9.21. The van der Waals surface area contributed by atoms with Crippen LogP contribution in [0.2, 0.25) is 0 Å². The van der Waals surface area contributed by atoms with Crippen LogP contribution in [0.15, 0.2) is 23.1 Å². The zero-order valence-corrected chi connectivity index (χ0v) is 10.9. The Morgan fingerprint density at radius 2 is 2.06 bits per heavy atom. The van der Waals surface area contributed by atoms with Crippen LogP contribution in [0.1, 0.15) is 12.5 Å². The molecule has 94 valence electrons. The number of benzene rings is 1. The maximum absolute atomic E-state index is 13.5. The molecule has 0 aliphatic heterocycles. The lowest BCUT2D eigenvalue weighted by atomic mass is 10.2. The Morgan fingerprint density at radius 3 is 2.59 bits per heavy atom. The van der Waals surface area contributed by atoms with Crippen LogP contribution in [-0.4, -0.2) is 15.1 Å². The molecule has 0 fully saturated rings. The third-order valence-corrected chi connectivity index (χ3v) is 3.49. The molecule has 0 N–H and O–H groups in total. The van der Waals surface area contributed by atoms with Gasteiger partial charge in [-0.05, 0) is 22.6 Å². The zero-order chi connectivity index (χ0) is 13.1. The molecule has 1 unspecified atom stereocenters. The van der Waals surface area contributed by atoms with E-state index in [1.54, 1.807) is 6.92 Å². The largest absolute Gasteiger partial charge is 0.537 e. The van der Waals surface area contributed by atoms with Crippen LogP contribution in [-0.2, 0) is 30.1 Å². The predicted octanol–water partition coefficient (Wildman–Crippen LogP) is 2.40. The molecule has 17 heavy (non-hydrogen) atoms. The van der Waals surface area contributed by atoms with Gasteiger partial charge in [-0.1, -0.05) is 23.4 Å². The minimum Gasteiger partial charge on any atom is -0.205 e. The fourth-order valence-corrected chi connectivity index (χ4v) is 2.80. The van der Waals surface area contributed by atoms with Gasteiger partial charge in [0.15, 0.2) is 6.66 Å². The average molecular weight is 281 g/mol. The van der Waals surface area contributed by atoms with Crippen molar-refractivity contribution >= 4 is 18.1 Å². The van der Waals surface area contributed by atoms with Crippen LogP contribution in [0.3, 0.4) is 0 Å². The van der Waals surface area contributed by atoms with Crippen molar-refractivity contribution in [3.63, 3.8) is 0 Å². The predicted molar refractivity (Wildman–Crippen MR) is 58.7 cm³/mol. The molecule has 0 saturated heterocycles. The first-order valence-corrected chi connectivity index (χ1v) is 7.71. The Labute approximate surface area is 99.5 Å². The van der Waals surface area contributed by atoms with E-state index in [4.69, 9.17) is 0 Å². The normalized spacial score (nSPS) is 12.5. The molecule has 0 aliphatic rings. The van der Waals surface area contributed by atoms with E-state index in [0.29, 0.717) is 6.42 Å². The van der Waals surface area contributed by atoms with Gasteiger partial charge in [-0.15, -0.1) is 0 Å². The van der Waals surface area contributed by atoms with Crippen LogP contribution in [0.25, 0.3) is 0 Å². The minimum absolute atomic E-state index is 0.264. The maximum atomic E-state index is 13.5. The van der Waals surface area contributed by atoms with Crippen LogP contribution in [0.4, 0.5) is 4.39 Å². The van der Waals surface area contributed by atoms with Gasteiger partial charge in [-0.2, -0.15) is 8.42 Å². The van der Waals surface area contributed by atoms with E-state index in [2.05, 4.69) is 9.01 Å². The molecule has 0 amide bonds. The Kier molecular flexibility index (Phi) is 4.70. The molecule has 8 heteroatoms. The maximum Gasteiger partial charge on any atom is 0.537 e. The summed E-state index contributed by atoms with van der Waals surface area (Å²) in [4.78, 5) is -0.584. The van der Waals surface area contributed by atoms with E-state index in [0.717, 1.165) is 12.7 Å². The molecule has 1 aromatic carbocycles. The third kappa shape index (κ3) is 3.54. The second-order valence-electron chi connectivity index (χ2n) is 3.12. The lowest BCUT2D eigenvalue weighted by Crippen LogP contribution is -2.10. The van der Waals surface area contributed by atoms with Crippen molar-refractivity contribution in [2.75, 3.05) is 6.66 Å². The van der Waals surface area contributed by atoms with Gasteiger partial charge in [0.05, 0.1) is 0 Å². The second-order valence-corrected chi connectivity index (χ2v) is 5.60. The van der Waals surface area contributed by atoms with Gasteiger partial charge in [-0.25, -0.2) is 4.39 Å². The van der Waals surface area contributed by atoms with Gasteiger partial charge in [0.2, 0.25) is 0 Å². The SMILES string of the molecule is CCc1cccc(F)c1S(=O)(=O)OO[P+](C)=O. The van der Waals surface area contributed by atoms with E-state index in [9.17, 15) is 17.4 Å². The first-order valence-electron chi connectivity index (χ1n) is 4.68. The first-order chi connectivity index (χ1) is 7.88. The molecule has 1 aromatic rings. The monoisotopic (exact) mass is 281 g/mol. The highest BCUT2D eigenvalue weighted by Gasteiger charge is 2.28. The van der Waals surface area contributed by atoms with Crippen LogP contribution < -0.4 is 0 Å². The van der Waals surface area contributed by atoms with Crippen molar-refractivity contribution in [2.24, 2.45) is 0 Å². The molecule has 1 atom stereocenters. The molecule has 0 bridgehead atoms. The molecule has 5 nitrogen and oxygen atoms in total. The number of aryl methyl sites for hydroxylation is 1. The minimum atomic E-state index is -4.41. The molecular weight excluding hydrogens is 270 g/mol. The summed E-state index contributed by atoms with van der Waals surface area (Å²) < 4.78 is 55.4. The van der Waals surface area contributed by atoms with Gasteiger partial charge in [0.1, 0.15) is 10.7 Å². The standard InChI is InChI=1S/C9H11FO5PS/c1-3-7-5-4-6-8(10)9(7)17(12,13)15-14-16(2)11/h4-6H,3H2,1-2H3/q+1. The second kappa shape index (κ2) is 5.64.